The van der Waals surface area contributed by atoms with Crippen molar-refractivity contribution in [2.75, 3.05) is 19.6 Å². The standard InChI is InChI=1S/C26H27Cl2N3O2/c27-23-10-9-19(14-24(23)28)15-26(33)31(16-21-8-4-5-12-29-21)25(20-6-2-1-3-7-20)18-30-13-11-22(32)17-30/h1-10,12,14,22,25,32H,11,13,15-18H2. The van der Waals surface area contributed by atoms with Gasteiger partial charge >= 0.3 is 0 Å². The summed E-state index contributed by atoms with van der Waals surface area (Å²) in [6, 6.07) is 20.9. The number of hydrogen-bond donors (Lipinski definition) is 1. The molecule has 1 aromatic heterocycles. The average molecular weight is 484 g/mol. The molecule has 1 aliphatic heterocycles. The predicted molar refractivity (Wildman–Crippen MR) is 131 cm³/mol. The first kappa shape index (κ1) is 23.7. The summed E-state index contributed by atoms with van der Waals surface area (Å²) in [5.41, 5.74) is 2.68. The quantitative estimate of drug-likeness (QED) is 0.501. The van der Waals surface area contributed by atoms with Gasteiger partial charge in [-0.2, -0.15) is 0 Å². The van der Waals surface area contributed by atoms with Crippen LogP contribution >= 0.6 is 23.2 Å². The number of carbonyl (C=O) groups is 1. The first-order valence-electron chi connectivity index (χ1n) is 11.1. The zero-order valence-electron chi connectivity index (χ0n) is 18.3. The molecular weight excluding hydrogens is 457 g/mol. The van der Waals surface area contributed by atoms with Crippen LogP contribution in [0.25, 0.3) is 0 Å². The van der Waals surface area contributed by atoms with Crippen LogP contribution in [-0.4, -0.2) is 51.5 Å². The number of aliphatic hydroxyl groups is 1. The van der Waals surface area contributed by atoms with E-state index in [1.807, 2.05) is 47.4 Å². The van der Waals surface area contributed by atoms with Crippen LogP contribution in [0.3, 0.4) is 0 Å². The summed E-state index contributed by atoms with van der Waals surface area (Å²) in [5.74, 6) is -0.0207. The highest BCUT2D eigenvalue weighted by molar-refractivity contribution is 6.42. The first-order chi connectivity index (χ1) is 16.0. The van der Waals surface area contributed by atoms with Crippen LogP contribution in [-0.2, 0) is 17.8 Å². The second kappa shape index (κ2) is 11.1. The molecule has 2 unspecified atom stereocenters. The van der Waals surface area contributed by atoms with Crippen molar-refractivity contribution in [2.24, 2.45) is 0 Å². The molecular formula is C26H27Cl2N3O2. The molecule has 5 nitrogen and oxygen atoms in total. The summed E-state index contributed by atoms with van der Waals surface area (Å²) >= 11 is 12.3. The van der Waals surface area contributed by atoms with Crippen LogP contribution < -0.4 is 0 Å². The lowest BCUT2D eigenvalue weighted by atomic mass is 10.0. The lowest BCUT2D eigenvalue weighted by molar-refractivity contribution is -0.134. The number of pyridine rings is 1. The maximum absolute atomic E-state index is 13.7. The van der Waals surface area contributed by atoms with Crippen LogP contribution in [0.2, 0.25) is 10.0 Å². The number of benzene rings is 2. The van der Waals surface area contributed by atoms with Crippen molar-refractivity contribution < 1.29 is 9.90 Å². The normalized spacial score (nSPS) is 17.1. The fourth-order valence-electron chi connectivity index (χ4n) is 4.25. The lowest BCUT2D eigenvalue weighted by Gasteiger charge is -2.35. The predicted octanol–water partition coefficient (Wildman–Crippen LogP) is 4.77. The van der Waals surface area contributed by atoms with Gasteiger partial charge in [-0.15, -0.1) is 0 Å². The molecule has 1 aliphatic rings. The number of aliphatic hydroxyl groups excluding tert-OH is 1. The maximum Gasteiger partial charge on any atom is 0.227 e. The van der Waals surface area contributed by atoms with E-state index in [9.17, 15) is 9.90 Å². The molecule has 2 atom stereocenters. The van der Waals surface area contributed by atoms with Gasteiger partial charge in [-0.25, -0.2) is 0 Å². The van der Waals surface area contributed by atoms with Crippen LogP contribution in [0.5, 0.6) is 0 Å². The van der Waals surface area contributed by atoms with Gasteiger partial charge in [0, 0.05) is 25.8 Å². The van der Waals surface area contributed by atoms with Crippen LogP contribution in [0.15, 0.2) is 72.9 Å². The number of β-amino-alcohol motifs (C(OH)–C–C–N with tert-alkyl or cyclic N) is 1. The fourth-order valence-corrected chi connectivity index (χ4v) is 4.57. The van der Waals surface area contributed by atoms with Gasteiger partial charge in [0.2, 0.25) is 5.91 Å². The molecule has 0 bridgehead atoms. The Labute approximate surface area is 204 Å². The minimum Gasteiger partial charge on any atom is -0.392 e. The molecule has 4 rings (SSSR count). The highest BCUT2D eigenvalue weighted by Crippen LogP contribution is 2.28. The van der Waals surface area contributed by atoms with E-state index in [0.29, 0.717) is 29.7 Å². The van der Waals surface area contributed by atoms with Gasteiger partial charge < -0.3 is 10.0 Å². The third-order valence-electron chi connectivity index (χ3n) is 5.96. The summed E-state index contributed by atoms with van der Waals surface area (Å²) in [4.78, 5) is 22.3. The van der Waals surface area contributed by atoms with Gasteiger partial charge in [0.15, 0.2) is 0 Å². The number of amides is 1. The lowest BCUT2D eigenvalue weighted by Crippen LogP contribution is -2.41. The van der Waals surface area contributed by atoms with Crippen molar-refractivity contribution in [3.63, 3.8) is 0 Å². The summed E-state index contributed by atoms with van der Waals surface area (Å²) in [7, 11) is 0. The van der Waals surface area contributed by atoms with Crippen molar-refractivity contribution in [3.05, 3.63) is 99.8 Å². The van der Waals surface area contributed by atoms with Gasteiger partial charge in [-0.05, 0) is 41.8 Å². The molecule has 1 amide bonds. The van der Waals surface area contributed by atoms with Crippen molar-refractivity contribution >= 4 is 29.1 Å². The first-order valence-corrected chi connectivity index (χ1v) is 11.8. The largest absolute Gasteiger partial charge is 0.392 e. The molecule has 2 heterocycles. The van der Waals surface area contributed by atoms with Crippen LogP contribution in [0.1, 0.15) is 29.3 Å². The SMILES string of the molecule is O=C(Cc1ccc(Cl)c(Cl)c1)N(Cc1ccccn1)C(CN1CCC(O)C1)c1ccccc1. The minimum absolute atomic E-state index is 0.0207. The third kappa shape index (κ3) is 6.33. The highest BCUT2D eigenvalue weighted by atomic mass is 35.5. The number of halogens is 2. The molecule has 0 spiro atoms. The summed E-state index contributed by atoms with van der Waals surface area (Å²) in [5, 5.41) is 11.0. The molecule has 1 fully saturated rings. The van der Waals surface area contributed by atoms with E-state index in [-0.39, 0.29) is 24.5 Å². The number of nitrogens with zero attached hydrogens (tertiary/aromatic N) is 3. The summed E-state index contributed by atoms with van der Waals surface area (Å²) < 4.78 is 0. The van der Waals surface area contributed by atoms with E-state index in [4.69, 9.17) is 23.2 Å². The van der Waals surface area contributed by atoms with E-state index in [0.717, 1.165) is 29.8 Å². The number of rotatable bonds is 8. The second-order valence-electron chi connectivity index (χ2n) is 8.40. The van der Waals surface area contributed by atoms with Crippen molar-refractivity contribution in [2.45, 2.75) is 31.5 Å². The number of hydrogen-bond acceptors (Lipinski definition) is 4. The number of carbonyl (C=O) groups excluding carboxylic acids is 1. The Balaban J connectivity index is 1.66. The molecule has 33 heavy (non-hydrogen) atoms. The topological polar surface area (TPSA) is 56.7 Å². The molecule has 1 N–H and O–H groups in total. The van der Waals surface area contributed by atoms with Gasteiger partial charge in [-0.1, -0.05) is 65.7 Å². The zero-order chi connectivity index (χ0) is 23.2. The van der Waals surface area contributed by atoms with Crippen LogP contribution in [0.4, 0.5) is 0 Å². The number of likely N-dealkylation sites (tertiary alicyclic amines) is 1. The Bertz CT molecular complexity index is 1070. The molecule has 0 radical (unpaired) electrons. The third-order valence-corrected chi connectivity index (χ3v) is 6.70. The molecule has 0 saturated carbocycles. The molecule has 3 aromatic rings. The highest BCUT2D eigenvalue weighted by Gasteiger charge is 2.30. The Kier molecular flexibility index (Phi) is 7.99. The van der Waals surface area contributed by atoms with E-state index in [2.05, 4.69) is 22.0 Å². The van der Waals surface area contributed by atoms with Crippen molar-refractivity contribution in [1.82, 2.24) is 14.8 Å². The monoisotopic (exact) mass is 483 g/mol. The smallest absolute Gasteiger partial charge is 0.227 e. The molecule has 172 valence electrons. The van der Waals surface area contributed by atoms with Gasteiger partial charge in [-0.3, -0.25) is 14.7 Å². The van der Waals surface area contributed by atoms with Crippen LogP contribution in [0, 0.1) is 0 Å². The Morgan fingerprint density at radius 3 is 2.55 bits per heavy atom. The molecule has 0 aliphatic carbocycles. The summed E-state index contributed by atoms with van der Waals surface area (Å²) in [6.45, 7) is 2.45. The average Bonchev–Trinajstić information content (AvgIpc) is 3.24. The van der Waals surface area contributed by atoms with Crippen molar-refractivity contribution in [1.29, 1.82) is 0 Å². The zero-order valence-corrected chi connectivity index (χ0v) is 19.8. The Hall–Kier alpha value is -2.44. The molecule has 7 heteroatoms. The maximum atomic E-state index is 13.7. The number of aromatic nitrogens is 1. The van der Waals surface area contributed by atoms with E-state index in [1.54, 1.807) is 18.3 Å². The van der Waals surface area contributed by atoms with E-state index in [1.165, 1.54) is 0 Å². The van der Waals surface area contributed by atoms with Gasteiger partial charge in [0.05, 0.1) is 40.9 Å². The molecule has 1 saturated heterocycles. The minimum atomic E-state index is -0.322. The van der Waals surface area contributed by atoms with Crippen molar-refractivity contribution in [3.8, 4) is 0 Å². The summed E-state index contributed by atoms with van der Waals surface area (Å²) in [6.07, 6.45) is 2.37. The fraction of sp³-hybridized carbons (Fsp3) is 0.308. The van der Waals surface area contributed by atoms with E-state index >= 15 is 0 Å². The van der Waals surface area contributed by atoms with E-state index < -0.39 is 0 Å². The van der Waals surface area contributed by atoms with Gasteiger partial charge in [0.1, 0.15) is 0 Å². The molecule has 2 aromatic carbocycles. The Morgan fingerprint density at radius 2 is 1.88 bits per heavy atom. The van der Waals surface area contributed by atoms with Gasteiger partial charge in [0.25, 0.3) is 0 Å². The Morgan fingerprint density at radius 1 is 1.09 bits per heavy atom. The second-order valence-corrected chi connectivity index (χ2v) is 9.21.